The number of nitrogens with one attached hydrogen (secondary N) is 1. The molecule has 0 spiro atoms. The summed E-state index contributed by atoms with van der Waals surface area (Å²) in [5.41, 5.74) is 2.43. The SMILES string of the molecule is O=C(Nc1ccccc1[N+](=O)[O-])c1cccc2c1C(=O)c1ccccc1-2. The Balaban J connectivity index is 1.77. The molecule has 1 aliphatic rings. The zero-order valence-corrected chi connectivity index (χ0v) is 13.4. The van der Waals surface area contributed by atoms with Gasteiger partial charge in [-0.25, -0.2) is 0 Å². The molecule has 0 fully saturated rings. The van der Waals surface area contributed by atoms with Gasteiger partial charge in [-0.2, -0.15) is 0 Å². The van der Waals surface area contributed by atoms with Gasteiger partial charge in [-0.3, -0.25) is 19.7 Å². The Morgan fingerprint density at radius 3 is 2.27 bits per heavy atom. The first-order valence-corrected chi connectivity index (χ1v) is 7.90. The molecule has 1 N–H and O–H groups in total. The number of nitro groups is 1. The van der Waals surface area contributed by atoms with Crippen molar-refractivity contribution in [2.45, 2.75) is 0 Å². The zero-order chi connectivity index (χ0) is 18.3. The predicted molar refractivity (Wildman–Crippen MR) is 96.4 cm³/mol. The molecular weight excluding hydrogens is 332 g/mol. The van der Waals surface area contributed by atoms with Crippen LogP contribution in [-0.4, -0.2) is 16.6 Å². The first-order chi connectivity index (χ1) is 12.6. The maximum Gasteiger partial charge on any atom is 0.292 e. The minimum atomic E-state index is -0.563. The Morgan fingerprint density at radius 2 is 1.50 bits per heavy atom. The number of nitrogens with zero attached hydrogens (tertiary/aromatic N) is 1. The Labute approximate surface area is 148 Å². The second kappa shape index (κ2) is 5.93. The second-order valence-corrected chi connectivity index (χ2v) is 5.83. The van der Waals surface area contributed by atoms with Crippen LogP contribution >= 0.6 is 0 Å². The van der Waals surface area contributed by atoms with Crippen molar-refractivity contribution in [3.05, 3.63) is 93.5 Å². The van der Waals surface area contributed by atoms with Crippen LogP contribution in [0, 0.1) is 10.1 Å². The molecule has 0 saturated heterocycles. The Bertz CT molecular complexity index is 1090. The van der Waals surface area contributed by atoms with Crippen molar-refractivity contribution < 1.29 is 14.5 Å². The van der Waals surface area contributed by atoms with Crippen molar-refractivity contribution in [3.63, 3.8) is 0 Å². The topological polar surface area (TPSA) is 89.3 Å². The molecule has 0 aromatic heterocycles. The maximum atomic E-state index is 12.8. The summed E-state index contributed by atoms with van der Waals surface area (Å²) in [7, 11) is 0. The molecular formula is C20H12N2O4. The van der Waals surface area contributed by atoms with Crippen LogP contribution in [0.2, 0.25) is 0 Å². The summed E-state index contributed by atoms with van der Waals surface area (Å²) in [6, 6.07) is 18.1. The molecule has 1 amide bonds. The highest BCUT2D eigenvalue weighted by molar-refractivity contribution is 6.26. The highest BCUT2D eigenvalue weighted by atomic mass is 16.6. The molecule has 0 unspecified atom stereocenters. The van der Waals surface area contributed by atoms with Crippen molar-refractivity contribution in [1.82, 2.24) is 0 Å². The van der Waals surface area contributed by atoms with E-state index in [4.69, 9.17) is 0 Å². The number of anilines is 1. The summed E-state index contributed by atoms with van der Waals surface area (Å²) in [5, 5.41) is 13.7. The zero-order valence-electron chi connectivity index (χ0n) is 13.4. The van der Waals surface area contributed by atoms with Gasteiger partial charge in [-0.15, -0.1) is 0 Å². The monoisotopic (exact) mass is 344 g/mol. The summed E-state index contributed by atoms with van der Waals surface area (Å²) in [5.74, 6) is -0.777. The fourth-order valence-corrected chi connectivity index (χ4v) is 3.19. The molecule has 126 valence electrons. The van der Waals surface area contributed by atoms with Crippen molar-refractivity contribution in [2.24, 2.45) is 0 Å². The van der Waals surface area contributed by atoms with Gasteiger partial charge in [0.05, 0.1) is 10.5 Å². The van der Waals surface area contributed by atoms with Crippen LogP contribution in [0.5, 0.6) is 0 Å². The lowest BCUT2D eigenvalue weighted by molar-refractivity contribution is -0.383. The van der Waals surface area contributed by atoms with Crippen LogP contribution in [0.15, 0.2) is 66.7 Å². The molecule has 6 heteroatoms. The molecule has 4 rings (SSSR count). The van der Waals surface area contributed by atoms with Gasteiger partial charge < -0.3 is 5.32 Å². The van der Waals surface area contributed by atoms with Gasteiger partial charge in [-0.05, 0) is 23.3 Å². The Hall–Kier alpha value is -3.80. The van der Waals surface area contributed by atoms with Gasteiger partial charge in [0, 0.05) is 17.2 Å². The first kappa shape index (κ1) is 15.7. The maximum absolute atomic E-state index is 12.8. The largest absolute Gasteiger partial charge is 0.316 e. The summed E-state index contributed by atoms with van der Waals surface area (Å²) in [6.07, 6.45) is 0. The Kier molecular flexibility index (Phi) is 3.58. The molecule has 0 atom stereocenters. The van der Waals surface area contributed by atoms with E-state index in [1.165, 1.54) is 18.2 Å². The number of fused-ring (bicyclic) bond motifs is 3. The minimum absolute atomic E-state index is 0.0862. The highest BCUT2D eigenvalue weighted by Gasteiger charge is 2.31. The molecule has 3 aromatic carbocycles. The summed E-state index contributed by atoms with van der Waals surface area (Å²) in [6.45, 7) is 0. The lowest BCUT2D eigenvalue weighted by Crippen LogP contribution is -2.16. The van der Waals surface area contributed by atoms with E-state index < -0.39 is 10.8 Å². The second-order valence-electron chi connectivity index (χ2n) is 5.83. The van der Waals surface area contributed by atoms with E-state index >= 15 is 0 Å². The smallest absolute Gasteiger partial charge is 0.292 e. The molecule has 0 radical (unpaired) electrons. The van der Waals surface area contributed by atoms with Crippen LogP contribution in [-0.2, 0) is 0 Å². The van der Waals surface area contributed by atoms with Crippen molar-refractivity contribution in [2.75, 3.05) is 5.32 Å². The summed E-state index contributed by atoms with van der Waals surface area (Å²) in [4.78, 5) is 36.1. The quantitative estimate of drug-likeness (QED) is 0.448. The van der Waals surface area contributed by atoms with Gasteiger partial charge in [0.25, 0.3) is 11.6 Å². The number of ketones is 1. The Morgan fingerprint density at radius 1 is 0.846 bits per heavy atom. The predicted octanol–water partition coefficient (Wildman–Crippen LogP) is 4.06. The number of hydrogen-bond acceptors (Lipinski definition) is 4. The number of para-hydroxylation sites is 2. The lowest BCUT2D eigenvalue weighted by Gasteiger charge is -2.09. The first-order valence-electron chi connectivity index (χ1n) is 7.90. The lowest BCUT2D eigenvalue weighted by atomic mass is 10.00. The van der Waals surface area contributed by atoms with Crippen molar-refractivity contribution >= 4 is 23.1 Å². The van der Waals surface area contributed by atoms with E-state index in [-0.39, 0.29) is 22.7 Å². The molecule has 0 heterocycles. The van der Waals surface area contributed by atoms with Crippen LogP contribution in [0.4, 0.5) is 11.4 Å². The van der Waals surface area contributed by atoms with E-state index in [0.29, 0.717) is 16.7 Å². The van der Waals surface area contributed by atoms with Gasteiger partial charge in [0.1, 0.15) is 5.69 Å². The molecule has 0 aliphatic heterocycles. The minimum Gasteiger partial charge on any atom is -0.316 e. The molecule has 3 aromatic rings. The number of benzene rings is 3. The van der Waals surface area contributed by atoms with E-state index in [2.05, 4.69) is 5.32 Å². The average molecular weight is 344 g/mol. The normalized spacial score (nSPS) is 11.6. The van der Waals surface area contributed by atoms with Crippen LogP contribution in [0.1, 0.15) is 26.3 Å². The van der Waals surface area contributed by atoms with E-state index in [1.807, 2.05) is 12.1 Å². The van der Waals surface area contributed by atoms with E-state index in [0.717, 1.165) is 5.56 Å². The van der Waals surface area contributed by atoms with Gasteiger partial charge in [-0.1, -0.05) is 48.5 Å². The van der Waals surface area contributed by atoms with Crippen LogP contribution in [0.25, 0.3) is 11.1 Å². The van der Waals surface area contributed by atoms with E-state index in [9.17, 15) is 19.7 Å². The molecule has 6 nitrogen and oxygen atoms in total. The number of carbonyl (C=O) groups is 2. The number of amides is 1. The van der Waals surface area contributed by atoms with Gasteiger partial charge in [0.2, 0.25) is 0 Å². The molecule has 26 heavy (non-hydrogen) atoms. The molecule has 0 bridgehead atoms. The van der Waals surface area contributed by atoms with Crippen molar-refractivity contribution in [1.29, 1.82) is 0 Å². The molecule has 0 saturated carbocycles. The number of nitro benzene ring substituents is 1. The summed E-state index contributed by atoms with van der Waals surface area (Å²) >= 11 is 0. The number of rotatable bonds is 3. The van der Waals surface area contributed by atoms with E-state index in [1.54, 1.807) is 36.4 Å². The standard InChI is InChI=1S/C20H12N2O4/c23-19-14-7-2-1-6-12(14)13-8-5-9-15(18(13)19)20(24)21-16-10-3-4-11-17(16)22(25)26/h1-11H,(H,21,24). The average Bonchev–Trinajstić information content (AvgIpc) is 2.95. The van der Waals surface area contributed by atoms with Gasteiger partial charge in [0.15, 0.2) is 5.78 Å². The summed E-state index contributed by atoms with van der Waals surface area (Å²) < 4.78 is 0. The fraction of sp³-hybridized carbons (Fsp3) is 0. The number of hydrogen-bond donors (Lipinski definition) is 1. The fourth-order valence-electron chi connectivity index (χ4n) is 3.19. The third kappa shape index (κ3) is 2.36. The van der Waals surface area contributed by atoms with Crippen LogP contribution < -0.4 is 5.32 Å². The van der Waals surface area contributed by atoms with Crippen molar-refractivity contribution in [3.8, 4) is 11.1 Å². The third-order valence-corrected chi connectivity index (χ3v) is 4.35. The molecule has 1 aliphatic carbocycles. The third-order valence-electron chi connectivity index (χ3n) is 4.35. The highest BCUT2D eigenvalue weighted by Crippen LogP contribution is 2.38. The van der Waals surface area contributed by atoms with Crippen LogP contribution in [0.3, 0.4) is 0 Å². The van der Waals surface area contributed by atoms with Gasteiger partial charge >= 0.3 is 0 Å². The number of carbonyl (C=O) groups excluding carboxylic acids is 2.